The van der Waals surface area contributed by atoms with Gasteiger partial charge in [0.05, 0.1) is 17.6 Å². The SMILES string of the molecule is COc1ccc(Oc2ccc([N+](=O)[O-])cc2C(=O)NCCCCC(=O)O)cc1. The van der Waals surface area contributed by atoms with E-state index in [2.05, 4.69) is 5.32 Å². The lowest BCUT2D eigenvalue weighted by Crippen LogP contribution is -2.25. The molecule has 0 saturated carbocycles. The molecule has 2 aromatic carbocycles. The van der Waals surface area contributed by atoms with E-state index in [9.17, 15) is 19.7 Å². The van der Waals surface area contributed by atoms with Crippen molar-refractivity contribution in [2.45, 2.75) is 19.3 Å². The highest BCUT2D eigenvalue weighted by molar-refractivity contribution is 5.97. The van der Waals surface area contributed by atoms with Gasteiger partial charge in [-0.2, -0.15) is 0 Å². The van der Waals surface area contributed by atoms with Crippen LogP contribution in [0.3, 0.4) is 0 Å². The molecule has 1 amide bonds. The third-order valence-corrected chi connectivity index (χ3v) is 3.81. The summed E-state index contributed by atoms with van der Waals surface area (Å²) in [7, 11) is 1.53. The molecule has 2 N–H and O–H groups in total. The first-order chi connectivity index (χ1) is 13.4. The maximum Gasteiger partial charge on any atom is 0.303 e. The van der Waals surface area contributed by atoms with Crippen molar-refractivity contribution in [3.8, 4) is 17.2 Å². The van der Waals surface area contributed by atoms with Gasteiger partial charge in [0.1, 0.15) is 17.2 Å². The Labute approximate surface area is 161 Å². The Kier molecular flexibility index (Phi) is 7.32. The zero-order chi connectivity index (χ0) is 20.5. The molecular weight excluding hydrogens is 368 g/mol. The number of aliphatic carboxylic acids is 1. The predicted octanol–water partition coefficient (Wildman–Crippen LogP) is 3.38. The number of carbonyl (C=O) groups is 2. The van der Waals surface area contributed by atoms with Crippen LogP contribution in [0.1, 0.15) is 29.6 Å². The molecule has 9 nitrogen and oxygen atoms in total. The molecule has 0 heterocycles. The number of hydrogen-bond acceptors (Lipinski definition) is 6. The number of amides is 1. The van der Waals surface area contributed by atoms with Crippen molar-refractivity contribution in [1.82, 2.24) is 5.32 Å². The summed E-state index contributed by atoms with van der Waals surface area (Å²) in [5, 5.41) is 22.3. The Morgan fingerprint density at radius 1 is 1.11 bits per heavy atom. The van der Waals surface area contributed by atoms with Crippen LogP contribution in [-0.2, 0) is 4.79 Å². The Morgan fingerprint density at radius 2 is 1.79 bits per heavy atom. The van der Waals surface area contributed by atoms with Crippen LogP contribution < -0.4 is 14.8 Å². The number of carboxylic acids is 1. The lowest BCUT2D eigenvalue weighted by molar-refractivity contribution is -0.384. The number of unbranched alkanes of at least 4 members (excludes halogenated alkanes) is 1. The molecule has 0 aliphatic carbocycles. The van der Waals surface area contributed by atoms with Gasteiger partial charge in [-0.1, -0.05) is 0 Å². The van der Waals surface area contributed by atoms with Crippen LogP contribution in [-0.4, -0.2) is 35.6 Å². The first-order valence-electron chi connectivity index (χ1n) is 8.51. The van der Waals surface area contributed by atoms with E-state index in [4.69, 9.17) is 14.6 Å². The van der Waals surface area contributed by atoms with Crippen molar-refractivity contribution in [3.63, 3.8) is 0 Å². The zero-order valence-corrected chi connectivity index (χ0v) is 15.2. The second-order valence-corrected chi connectivity index (χ2v) is 5.82. The largest absolute Gasteiger partial charge is 0.497 e. The molecule has 2 aromatic rings. The molecule has 0 spiro atoms. The van der Waals surface area contributed by atoms with E-state index < -0.39 is 16.8 Å². The molecule has 0 aromatic heterocycles. The molecule has 2 rings (SSSR count). The molecule has 9 heteroatoms. The standard InChI is InChI=1S/C19H20N2O7/c1-27-14-6-8-15(9-7-14)28-17-10-5-13(21(25)26)12-16(17)19(24)20-11-3-2-4-18(22)23/h5-10,12H,2-4,11H2,1H3,(H,20,24)(H,22,23). The van der Waals surface area contributed by atoms with Gasteiger partial charge in [-0.25, -0.2) is 0 Å². The molecule has 28 heavy (non-hydrogen) atoms. The highest BCUT2D eigenvalue weighted by atomic mass is 16.6. The maximum atomic E-state index is 12.5. The summed E-state index contributed by atoms with van der Waals surface area (Å²) in [6.07, 6.45) is 0.903. The average molecular weight is 388 g/mol. The number of ether oxygens (including phenoxy) is 2. The molecule has 148 valence electrons. The second kappa shape index (κ2) is 9.91. The van der Waals surface area contributed by atoms with E-state index in [1.807, 2.05) is 0 Å². The molecular formula is C19H20N2O7. The summed E-state index contributed by atoms with van der Waals surface area (Å²) in [4.78, 5) is 33.4. The first-order valence-corrected chi connectivity index (χ1v) is 8.51. The van der Waals surface area contributed by atoms with Gasteiger partial charge in [-0.15, -0.1) is 0 Å². The van der Waals surface area contributed by atoms with Crippen LogP contribution in [0.5, 0.6) is 17.2 Å². The molecule has 0 saturated heterocycles. The lowest BCUT2D eigenvalue weighted by atomic mass is 10.1. The summed E-state index contributed by atoms with van der Waals surface area (Å²) in [5.74, 6) is -0.206. The van der Waals surface area contributed by atoms with E-state index in [0.717, 1.165) is 6.07 Å². The molecule has 0 radical (unpaired) electrons. The van der Waals surface area contributed by atoms with E-state index in [0.29, 0.717) is 24.3 Å². The normalized spacial score (nSPS) is 10.2. The number of nitrogens with one attached hydrogen (secondary N) is 1. The van der Waals surface area contributed by atoms with Gasteiger partial charge < -0.3 is 19.9 Å². The van der Waals surface area contributed by atoms with Crippen molar-refractivity contribution in [1.29, 1.82) is 0 Å². The van der Waals surface area contributed by atoms with Gasteiger partial charge in [0.15, 0.2) is 0 Å². The minimum Gasteiger partial charge on any atom is -0.497 e. The minimum absolute atomic E-state index is 0.0124. The Balaban J connectivity index is 2.14. The number of benzene rings is 2. The molecule has 0 atom stereocenters. The second-order valence-electron chi connectivity index (χ2n) is 5.82. The summed E-state index contributed by atoms with van der Waals surface area (Å²) in [6.45, 7) is 0.247. The Morgan fingerprint density at radius 3 is 2.39 bits per heavy atom. The fourth-order valence-electron chi connectivity index (χ4n) is 2.37. The van der Waals surface area contributed by atoms with Crippen molar-refractivity contribution < 1.29 is 29.1 Å². The predicted molar refractivity (Wildman–Crippen MR) is 100.0 cm³/mol. The van der Waals surface area contributed by atoms with E-state index >= 15 is 0 Å². The van der Waals surface area contributed by atoms with E-state index in [1.165, 1.54) is 19.2 Å². The number of hydrogen-bond donors (Lipinski definition) is 2. The molecule has 0 bridgehead atoms. The lowest BCUT2D eigenvalue weighted by Gasteiger charge is -2.12. The summed E-state index contributed by atoms with van der Waals surface area (Å²) < 4.78 is 10.8. The smallest absolute Gasteiger partial charge is 0.303 e. The Bertz CT molecular complexity index is 850. The van der Waals surface area contributed by atoms with Gasteiger partial charge in [-0.3, -0.25) is 19.7 Å². The van der Waals surface area contributed by atoms with Crippen LogP contribution >= 0.6 is 0 Å². The van der Waals surface area contributed by atoms with E-state index in [1.54, 1.807) is 24.3 Å². The average Bonchev–Trinajstić information content (AvgIpc) is 2.68. The summed E-state index contributed by atoms with van der Waals surface area (Å²) in [5.41, 5.74) is -0.221. The van der Waals surface area contributed by atoms with Crippen molar-refractivity contribution in [3.05, 3.63) is 58.1 Å². The van der Waals surface area contributed by atoms with Gasteiger partial charge in [0.2, 0.25) is 0 Å². The fraction of sp³-hybridized carbons (Fsp3) is 0.263. The van der Waals surface area contributed by atoms with Crippen LogP contribution in [0.4, 0.5) is 5.69 Å². The van der Waals surface area contributed by atoms with Gasteiger partial charge in [-0.05, 0) is 43.2 Å². The minimum atomic E-state index is -0.903. The zero-order valence-electron chi connectivity index (χ0n) is 15.2. The van der Waals surface area contributed by atoms with Crippen molar-refractivity contribution >= 4 is 17.6 Å². The number of nitro groups is 1. The number of nitro benzene ring substituents is 1. The highest BCUT2D eigenvalue weighted by Gasteiger charge is 2.18. The number of methoxy groups -OCH3 is 1. The quantitative estimate of drug-likeness (QED) is 0.363. The van der Waals surface area contributed by atoms with Crippen LogP contribution in [0, 0.1) is 10.1 Å². The molecule has 0 unspecified atom stereocenters. The van der Waals surface area contributed by atoms with Crippen molar-refractivity contribution in [2.24, 2.45) is 0 Å². The molecule has 0 aliphatic heterocycles. The van der Waals surface area contributed by atoms with Crippen molar-refractivity contribution in [2.75, 3.05) is 13.7 Å². The van der Waals surface area contributed by atoms with Crippen LogP contribution in [0.15, 0.2) is 42.5 Å². The van der Waals surface area contributed by atoms with E-state index in [-0.39, 0.29) is 30.0 Å². The third-order valence-electron chi connectivity index (χ3n) is 3.81. The number of non-ortho nitro benzene ring substituents is 1. The number of rotatable bonds is 10. The van der Waals surface area contributed by atoms with Crippen LogP contribution in [0.25, 0.3) is 0 Å². The highest BCUT2D eigenvalue weighted by Crippen LogP contribution is 2.29. The van der Waals surface area contributed by atoms with Crippen LogP contribution in [0.2, 0.25) is 0 Å². The van der Waals surface area contributed by atoms with Gasteiger partial charge >= 0.3 is 5.97 Å². The molecule has 0 aliphatic rings. The van der Waals surface area contributed by atoms with Gasteiger partial charge in [0.25, 0.3) is 11.6 Å². The number of carboxylic acid groups (broad SMARTS) is 1. The fourth-order valence-corrected chi connectivity index (χ4v) is 2.37. The Hall–Kier alpha value is -3.62. The van der Waals surface area contributed by atoms with Gasteiger partial charge in [0, 0.05) is 25.1 Å². The number of carbonyl (C=O) groups excluding carboxylic acids is 1. The monoisotopic (exact) mass is 388 g/mol. The summed E-state index contributed by atoms with van der Waals surface area (Å²) >= 11 is 0. The third kappa shape index (κ3) is 5.97. The number of nitrogens with zero attached hydrogens (tertiary/aromatic N) is 1. The maximum absolute atomic E-state index is 12.5. The topological polar surface area (TPSA) is 128 Å². The summed E-state index contributed by atoms with van der Waals surface area (Å²) in [6, 6.07) is 10.4. The molecule has 0 fully saturated rings. The first kappa shape index (κ1) is 20.7.